The summed E-state index contributed by atoms with van der Waals surface area (Å²) in [7, 11) is 0. The van der Waals surface area contributed by atoms with Gasteiger partial charge in [-0.3, -0.25) is 0 Å². The first-order chi connectivity index (χ1) is 8.12. The second-order valence-electron chi connectivity index (χ2n) is 5.01. The van der Waals surface area contributed by atoms with Crippen LogP contribution in [-0.2, 0) is 11.4 Å². The molecule has 0 bridgehead atoms. The molecule has 0 aromatic heterocycles. The summed E-state index contributed by atoms with van der Waals surface area (Å²) in [5.74, 6) is -1.07. The van der Waals surface area contributed by atoms with Crippen molar-refractivity contribution in [3.05, 3.63) is 33.8 Å². The first-order valence-electron chi connectivity index (χ1n) is 5.45. The number of nitrogens with one attached hydrogen (secondary N) is 1. The van der Waals surface area contributed by atoms with Gasteiger partial charge in [0.15, 0.2) is 0 Å². The van der Waals surface area contributed by atoms with Crippen molar-refractivity contribution in [2.45, 2.75) is 38.5 Å². The van der Waals surface area contributed by atoms with Crippen LogP contribution in [0.3, 0.4) is 0 Å². The van der Waals surface area contributed by atoms with E-state index in [0.29, 0.717) is 0 Å². The molecule has 0 saturated carbocycles. The fourth-order valence-corrected chi connectivity index (χ4v) is 2.54. The average Bonchev–Trinajstić information content (AvgIpc) is 2.21. The van der Waals surface area contributed by atoms with Gasteiger partial charge in [-0.15, -0.1) is 4.72 Å². The number of hydrogen-bond donors (Lipinski definition) is 1. The molecule has 0 spiro atoms. The monoisotopic (exact) mass is 339 g/mol. The lowest BCUT2D eigenvalue weighted by atomic mass is 10.1. The molecule has 2 nitrogen and oxygen atoms in total. The van der Waals surface area contributed by atoms with E-state index in [2.05, 4.69) is 20.7 Å². The Morgan fingerprint density at radius 1 is 1.33 bits per heavy atom. The first kappa shape index (κ1) is 15.9. The maximum absolute atomic E-state index is 13.8. The average molecular weight is 340 g/mol. The zero-order chi connectivity index (χ0) is 14.1. The van der Waals surface area contributed by atoms with Gasteiger partial charge in [0, 0.05) is 16.9 Å². The molecule has 0 aliphatic rings. The lowest BCUT2D eigenvalue weighted by Crippen LogP contribution is -2.40. The third kappa shape index (κ3) is 3.91. The molecule has 0 radical (unpaired) electrons. The molecule has 0 amide bonds. The Morgan fingerprint density at radius 3 is 2.39 bits per heavy atom. The first-order valence-corrected chi connectivity index (χ1v) is 7.39. The van der Waals surface area contributed by atoms with Crippen molar-refractivity contribution in [3.8, 4) is 0 Å². The van der Waals surface area contributed by atoms with Gasteiger partial charge in [-0.05, 0) is 55.8 Å². The normalized spacial score (nSPS) is 15.6. The molecule has 0 saturated heterocycles. The minimum absolute atomic E-state index is 0.0627. The Balaban J connectivity index is 2.95. The van der Waals surface area contributed by atoms with E-state index < -0.39 is 33.8 Å². The molecule has 1 aromatic rings. The minimum atomic E-state index is -1.34. The largest absolute Gasteiger partial charge is 0.598 e. The van der Waals surface area contributed by atoms with Gasteiger partial charge in [0.2, 0.25) is 0 Å². The number of rotatable bonds is 3. The predicted octanol–water partition coefficient (Wildman–Crippen LogP) is 3.84. The van der Waals surface area contributed by atoms with Crippen molar-refractivity contribution in [3.63, 3.8) is 0 Å². The Morgan fingerprint density at radius 2 is 1.89 bits per heavy atom. The lowest BCUT2D eigenvalue weighted by Gasteiger charge is -2.26. The Hall–Kier alpha value is -0.170. The van der Waals surface area contributed by atoms with E-state index in [4.69, 9.17) is 0 Å². The van der Waals surface area contributed by atoms with Gasteiger partial charge in [0.05, 0.1) is 10.5 Å². The molecule has 102 valence electrons. The molecule has 1 rings (SSSR count). The van der Waals surface area contributed by atoms with E-state index in [9.17, 15) is 13.3 Å². The van der Waals surface area contributed by atoms with Crippen LogP contribution in [0.15, 0.2) is 16.6 Å². The topological polar surface area (TPSA) is 35.1 Å². The fraction of sp³-hybridized carbons (Fsp3) is 0.500. The highest BCUT2D eigenvalue weighted by molar-refractivity contribution is 9.10. The number of halogens is 3. The van der Waals surface area contributed by atoms with E-state index in [0.717, 1.165) is 12.1 Å². The molecule has 0 aliphatic carbocycles. The van der Waals surface area contributed by atoms with Crippen molar-refractivity contribution in [1.29, 1.82) is 0 Å². The molecule has 0 fully saturated rings. The highest BCUT2D eigenvalue weighted by atomic mass is 79.9. The number of benzene rings is 1. The second kappa shape index (κ2) is 5.86. The van der Waals surface area contributed by atoms with Crippen LogP contribution in [0.4, 0.5) is 8.78 Å². The van der Waals surface area contributed by atoms with Crippen LogP contribution < -0.4 is 4.72 Å². The van der Waals surface area contributed by atoms with Gasteiger partial charge in [-0.1, -0.05) is 0 Å². The van der Waals surface area contributed by atoms with Gasteiger partial charge >= 0.3 is 0 Å². The van der Waals surface area contributed by atoms with E-state index in [-0.39, 0.29) is 10.0 Å². The van der Waals surface area contributed by atoms with Crippen LogP contribution in [0.5, 0.6) is 0 Å². The molecule has 2 atom stereocenters. The molecular weight excluding hydrogens is 324 g/mol. The Bertz CT molecular complexity index is 437. The molecule has 0 aliphatic heterocycles. The van der Waals surface area contributed by atoms with Crippen molar-refractivity contribution in [1.82, 2.24) is 4.72 Å². The molecule has 0 unspecified atom stereocenters. The van der Waals surface area contributed by atoms with Crippen LogP contribution in [0.25, 0.3) is 0 Å². The summed E-state index contributed by atoms with van der Waals surface area (Å²) in [5, 5.41) is 0. The number of hydrogen-bond acceptors (Lipinski definition) is 2. The summed E-state index contributed by atoms with van der Waals surface area (Å²) in [5.41, 5.74) is 0.152. The zero-order valence-electron chi connectivity index (χ0n) is 10.7. The quantitative estimate of drug-likeness (QED) is 0.670. The molecule has 18 heavy (non-hydrogen) atoms. The highest BCUT2D eigenvalue weighted by Crippen LogP contribution is 2.27. The van der Waals surface area contributed by atoms with Gasteiger partial charge in [-0.25, -0.2) is 8.78 Å². The maximum Gasteiger partial charge on any atom is 0.142 e. The maximum atomic E-state index is 13.8. The fourth-order valence-electron chi connectivity index (χ4n) is 1.29. The second-order valence-corrected chi connectivity index (χ2v) is 7.86. The van der Waals surface area contributed by atoms with Crippen LogP contribution in [0.1, 0.15) is 39.3 Å². The third-order valence-corrected chi connectivity index (χ3v) is 4.58. The summed E-state index contributed by atoms with van der Waals surface area (Å²) >= 11 is 1.61. The summed E-state index contributed by atoms with van der Waals surface area (Å²) < 4.78 is 41.3. The van der Waals surface area contributed by atoms with Gasteiger partial charge in [-0.2, -0.15) is 0 Å². The summed E-state index contributed by atoms with van der Waals surface area (Å²) in [6.07, 6.45) is 0. The zero-order valence-corrected chi connectivity index (χ0v) is 13.1. The standard InChI is InChI=1S/C12H16BrF2NOS/c1-7(16-18(17)12(2,3)4)9-5-8(14)6-10(13)11(9)15/h5-7,16H,1-4H3/t7-,18+/m1/s1. The summed E-state index contributed by atoms with van der Waals surface area (Å²) in [6, 6.07) is 1.63. The third-order valence-electron chi connectivity index (χ3n) is 2.33. The predicted molar refractivity (Wildman–Crippen MR) is 73.5 cm³/mol. The van der Waals surface area contributed by atoms with Crippen LogP contribution in [-0.4, -0.2) is 9.30 Å². The lowest BCUT2D eigenvalue weighted by molar-refractivity contribution is 0.517. The van der Waals surface area contributed by atoms with E-state index >= 15 is 0 Å². The Labute approximate surface area is 118 Å². The van der Waals surface area contributed by atoms with Crippen LogP contribution in [0.2, 0.25) is 0 Å². The van der Waals surface area contributed by atoms with Crippen molar-refractivity contribution >= 4 is 27.3 Å². The van der Waals surface area contributed by atoms with E-state index in [1.54, 1.807) is 27.7 Å². The minimum Gasteiger partial charge on any atom is -0.598 e. The van der Waals surface area contributed by atoms with Crippen molar-refractivity contribution in [2.24, 2.45) is 0 Å². The highest BCUT2D eigenvalue weighted by Gasteiger charge is 2.29. The van der Waals surface area contributed by atoms with E-state index in [1.165, 1.54) is 0 Å². The Kier molecular flexibility index (Phi) is 5.17. The van der Waals surface area contributed by atoms with Gasteiger partial charge < -0.3 is 4.55 Å². The van der Waals surface area contributed by atoms with E-state index in [1.807, 2.05) is 0 Å². The van der Waals surface area contributed by atoms with Crippen molar-refractivity contribution in [2.75, 3.05) is 0 Å². The molecule has 1 N–H and O–H groups in total. The molecular formula is C12H16BrF2NOS. The smallest absolute Gasteiger partial charge is 0.142 e. The van der Waals surface area contributed by atoms with Crippen molar-refractivity contribution < 1.29 is 13.3 Å². The van der Waals surface area contributed by atoms with Gasteiger partial charge in [0.1, 0.15) is 16.4 Å². The summed E-state index contributed by atoms with van der Waals surface area (Å²) in [4.78, 5) is 0. The van der Waals surface area contributed by atoms with Crippen LogP contribution >= 0.6 is 15.9 Å². The molecule has 6 heteroatoms. The van der Waals surface area contributed by atoms with Gasteiger partial charge in [0.25, 0.3) is 0 Å². The SMILES string of the molecule is C[C@@H](N[S@@+]([O-])C(C)(C)C)c1cc(F)cc(Br)c1F. The molecule has 0 heterocycles. The molecule has 1 aromatic carbocycles. The van der Waals surface area contributed by atoms with Crippen LogP contribution in [0, 0.1) is 11.6 Å². The summed E-state index contributed by atoms with van der Waals surface area (Å²) in [6.45, 7) is 7.07.